The number of likely N-dealkylation sites (tertiary alicyclic amines) is 1. The molecule has 2 aliphatic rings. The molecule has 0 radical (unpaired) electrons. The molecule has 6 heteroatoms. The maximum atomic E-state index is 12.1. The second-order valence-electron chi connectivity index (χ2n) is 6.15. The smallest absolute Gasteiger partial charge is 0.223 e. The third-order valence-corrected chi connectivity index (χ3v) is 4.29. The molecule has 0 spiro atoms. The van der Waals surface area contributed by atoms with Gasteiger partial charge >= 0.3 is 0 Å². The lowest BCUT2D eigenvalue weighted by Crippen LogP contribution is -2.53. The summed E-state index contributed by atoms with van der Waals surface area (Å²) in [6, 6.07) is 6.79. The fourth-order valence-corrected chi connectivity index (χ4v) is 3.14. The second-order valence-corrected chi connectivity index (χ2v) is 6.15. The monoisotopic (exact) mass is 318 g/mol. The Bertz CT molecular complexity index is 636. The summed E-state index contributed by atoms with van der Waals surface area (Å²) in [7, 11) is 1.00. The van der Waals surface area contributed by atoms with Crippen molar-refractivity contribution in [2.45, 2.75) is 44.4 Å². The van der Waals surface area contributed by atoms with E-state index >= 15 is 0 Å². The summed E-state index contributed by atoms with van der Waals surface area (Å²) >= 11 is 0. The lowest BCUT2D eigenvalue weighted by atomic mass is 9.85. The first-order chi connectivity index (χ1) is 10.9. The molecule has 0 aromatic heterocycles. The third kappa shape index (κ3) is 3.03. The van der Waals surface area contributed by atoms with Crippen LogP contribution >= 0.6 is 0 Å². The lowest BCUT2D eigenvalue weighted by molar-refractivity contribution is -0.139. The minimum absolute atomic E-state index is 0.0464. The van der Waals surface area contributed by atoms with Crippen molar-refractivity contribution in [3.8, 4) is 11.8 Å². The number of rotatable bonds is 1. The number of amides is 1. The molecule has 2 atom stereocenters. The number of ether oxygens (including phenoxy) is 1. The highest BCUT2D eigenvalue weighted by Gasteiger charge is 2.47. The van der Waals surface area contributed by atoms with Crippen LogP contribution in [0.1, 0.15) is 43.9 Å². The van der Waals surface area contributed by atoms with Crippen molar-refractivity contribution in [3.63, 3.8) is 0 Å². The Labute approximate surface area is 135 Å². The summed E-state index contributed by atoms with van der Waals surface area (Å²) in [6.07, 6.45) is 0.481. The highest BCUT2D eigenvalue weighted by molar-refractivity contribution is 5.79. The van der Waals surface area contributed by atoms with Crippen LogP contribution in [-0.2, 0) is 4.79 Å². The number of hydrogen-bond acceptors (Lipinski definition) is 5. The predicted octanol–water partition coefficient (Wildman–Crippen LogP) is 1.36. The maximum Gasteiger partial charge on any atom is 0.223 e. The first-order valence-electron chi connectivity index (χ1n) is 7.59. The van der Waals surface area contributed by atoms with Gasteiger partial charge in [0.15, 0.2) is 0 Å². The highest BCUT2D eigenvalue weighted by atomic mass is 16.5. The van der Waals surface area contributed by atoms with Crippen LogP contribution in [0.2, 0.25) is 0 Å². The molecule has 2 N–H and O–H groups in total. The molecule has 0 aliphatic carbocycles. The van der Waals surface area contributed by atoms with Crippen molar-refractivity contribution in [3.05, 3.63) is 29.3 Å². The van der Waals surface area contributed by atoms with Crippen molar-refractivity contribution < 1.29 is 19.7 Å². The number of hydrogen-bond donors (Lipinski definition) is 2. The average Bonchev–Trinajstić information content (AvgIpc) is 2.96. The van der Waals surface area contributed by atoms with Crippen LogP contribution in [0.25, 0.3) is 0 Å². The number of nitriles is 1. The second kappa shape index (κ2) is 6.57. The number of aliphatic hydroxyl groups excluding tert-OH is 2. The predicted molar refractivity (Wildman–Crippen MR) is 83.7 cm³/mol. The van der Waals surface area contributed by atoms with Crippen LogP contribution in [0.5, 0.6) is 5.75 Å². The van der Waals surface area contributed by atoms with E-state index in [-0.39, 0.29) is 5.91 Å². The van der Waals surface area contributed by atoms with Crippen LogP contribution < -0.4 is 4.74 Å². The molecular formula is C17H22N2O4. The standard InChI is InChI=1S/C16H18N2O3.CH4O/c1-16(2)15(20)14(18-7-3-4-13(18)19)11-8-10(9-17)5-6-12(11)21-16;1-2/h5-6,8,14-15,20H,3-4,7H2,1-2H3;2H,1H3. The fourth-order valence-electron chi connectivity index (χ4n) is 3.14. The summed E-state index contributed by atoms with van der Waals surface area (Å²) in [5.74, 6) is 0.680. The summed E-state index contributed by atoms with van der Waals surface area (Å²) in [5.41, 5.74) is 0.436. The molecule has 6 nitrogen and oxygen atoms in total. The summed E-state index contributed by atoms with van der Waals surface area (Å²) in [4.78, 5) is 13.8. The third-order valence-electron chi connectivity index (χ3n) is 4.29. The van der Waals surface area contributed by atoms with Gasteiger partial charge in [-0.2, -0.15) is 5.26 Å². The molecule has 3 rings (SSSR count). The van der Waals surface area contributed by atoms with E-state index in [9.17, 15) is 9.90 Å². The zero-order chi connectivity index (χ0) is 17.2. The molecule has 0 saturated carbocycles. The van der Waals surface area contributed by atoms with Gasteiger partial charge in [-0.15, -0.1) is 0 Å². The van der Waals surface area contributed by atoms with E-state index in [1.54, 1.807) is 23.1 Å². The molecule has 1 fully saturated rings. The fraction of sp³-hybridized carbons (Fsp3) is 0.529. The van der Waals surface area contributed by atoms with Crippen LogP contribution in [0.15, 0.2) is 18.2 Å². The SMILES string of the molecule is CC1(C)Oc2ccc(C#N)cc2C(N2CCCC2=O)C1O.CO. The summed E-state index contributed by atoms with van der Waals surface area (Å²) < 4.78 is 5.86. The van der Waals surface area contributed by atoms with E-state index in [0.717, 1.165) is 19.1 Å². The Balaban J connectivity index is 0.000000924. The molecule has 1 saturated heterocycles. The Kier molecular flexibility index (Phi) is 4.93. The molecule has 2 unspecified atom stereocenters. The van der Waals surface area contributed by atoms with Gasteiger partial charge in [-0.1, -0.05) is 0 Å². The Morgan fingerprint density at radius 2 is 2.09 bits per heavy atom. The first kappa shape index (κ1) is 17.3. The van der Waals surface area contributed by atoms with Gasteiger partial charge in [-0.05, 0) is 38.5 Å². The van der Waals surface area contributed by atoms with Crippen molar-refractivity contribution in [2.24, 2.45) is 0 Å². The van der Waals surface area contributed by atoms with Gasteiger partial charge in [-0.3, -0.25) is 4.79 Å². The lowest BCUT2D eigenvalue weighted by Gasteiger charge is -2.45. The molecular weight excluding hydrogens is 296 g/mol. The van der Waals surface area contributed by atoms with Gasteiger partial charge in [0.25, 0.3) is 0 Å². The molecule has 1 aromatic carbocycles. The zero-order valence-electron chi connectivity index (χ0n) is 13.6. The number of carbonyl (C=O) groups is 1. The number of fused-ring (bicyclic) bond motifs is 1. The molecule has 124 valence electrons. The summed E-state index contributed by atoms with van der Waals surface area (Å²) in [5, 5.41) is 26.8. The molecule has 0 bridgehead atoms. The van der Waals surface area contributed by atoms with Crippen LogP contribution in [0, 0.1) is 11.3 Å². The molecule has 1 aromatic rings. The van der Waals surface area contributed by atoms with Gasteiger partial charge in [0.05, 0.1) is 17.7 Å². The van der Waals surface area contributed by atoms with Crippen LogP contribution in [0.4, 0.5) is 0 Å². The normalized spacial score (nSPS) is 24.9. The van der Waals surface area contributed by atoms with Crippen LogP contribution in [0.3, 0.4) is 0 Å². The Hall–Kier alpha value is -2.10. The van der Waals surface area contributed by atoms with Crippen molar-refractivity contribution >= 4 is 5.91 Å². The van der Waals surface area contributed by atoms with Crippen molar-refractivity contribution in [1.82, 2.24) is 4.90 Å². The zero-order valence-corrected chi connectivity index (χ0v) is 13.6. The number of aliphatic hydroxyl groups is 2. The van der Waals surface area contributed by atoms with Gasteiger partial charge in [-0.25, -0.2) is 0 Å². The van der Waals surface area contributed by atoms with E-state index in [2.05, 4.69) is 6.07 Å². The van der Waals surface area contributed by atoms with E-state index in [4.69, 9.17) is 15.1 Å². The van der Waals surface area contributed by atoms with E-state index < -0.39 is 17.7 Å². The summed E-state index contributed by atoms with van der Waals surface area (Å²) in [6.45, 7) is 4.26. The molecule has 2 heterocycles. The minimum atomic E-state index is -0.832. The van der Waals surface area contributed by atoms with E-state index in [1.807, 2.05) is 13.8 Å². The van der Waals surface area contributed by atoms with Gasteiger partial charge in [0, 0.05) is 25.6 Å². The Morgan fingerprint density at radius 3 is 2.65 bits per heavy atom. The largest absolute Gasteiger partial charge is 0.485 e. The topological polar surface area (TPSA) is 93.8 Å². The Morgan fingerprint density at radius 1 is 1.39 bits per heavy atom. The number of carbonyl (C=O) groups excluding carboxylic acids is 1. The molecule has 1 amide bonds. The van der Waals surface area contributed by atoms with Crippen LogP contribution in [-0.4, -0.2) is 46.4 Å². The number of nitrogens with zero attached hydrogens (tertiary/aromatic N) is 2. The van der Waals surface area contributed by atoms with Gasteiger partial charge in [0.1, 0.15) is 17.5 Å². The minimum Gasteiger partial charge on any atom is -0.485 e. The maximum absolute atomic E-state index is 12.1. The van der Waals surface area contributed by atoms with E-state index in [0.29, 0.717) is 24.3 Å². The van der Waals surface area contributed by atoms with Crippen molar-refractivity contribution in [1.29, 1.82) is 5.26 Å². The van der Waals surface area contributed by atoms with Crippen molar-refractivity contribution in [2.75, 3.05) is 13.7 Å². The highest BCUT2D eigenvalue weighted by Crippen LogP contribution is 2.44. The van der Waals surface area contributed by atoms with Gasteiger partial charge < -0.3 is 19.8 Å². The molecule has 2 aliphatic heterocycles. The average molecular weight is 318 g/mol. The van der Waals surface area contributed by atoms with E-state index in [1.165, 1.54) is 0 Å². The first-order valence-corrected chi connectivity index (χ1v) is 7.59. The molecule has 23 heavy (non-hydrogen) atoms. The number of benzene rings is 1. The van der Waals surface area contributed by atoms with Gasteiger partial charge in [0.2, 0.25) is 5.91 Å². The quantitative estimate of drug-likeness (QED) is 0.815.